The quantitative estimate of drug-likeness (QED) is 0.422. The molecule has 0 aliphatic rings. The minimum Gasteiger partial charge on any atom is -0.396 e. The first-order valence-corrected chi connectivity index (χ1v) is 12.0. The fourth-order valence-electron chi connectivity index (χ4n) is 3.14. The second-order valence-electron chi connectivity index (χ2n) is 7.12. The van der Waals surface area contributed by atoms with Crippen LogP contribution in [0.5, 0.6) is 0 Å². The SMILES string of the molecule is Cc1cccc(C)c1-n1c(SCCCO)nnc1-c1cccc(S(=O)(=O)N(C)C)c1. The number of benzene rings is 2. The highest BCUT2D eigenvalue weighted by Crippen LogP contribution is 2.32. The molecule has 1 heterocycles. The molecule has 1 N–H and O–H groups in total. The molecular weight excluding hydrogens is 420 g/mol. The first kappa shape index (κ1) is 22.5. The van der Waals surface area contributed by atoms with E-state index >= 15 is 0 Å². The average Bonchev–Trinajstić information content (AvgIpc) is 3.11. The molecule has 30 heavy (non-hydrogen) atoms. The van der Waals surface area contributed by atoms with E-state index in [1.807, 2.05) is 42.7 Å². The predicted octanol–water partition coefficient (Wildman–Crippen LogP) is 3.28. The van der Waals surface area contributed by atoms with E-state index in [2.05, 4.69) is 10.2 Å². The number of sulfonamides is 1. The molecule has 3 rings (SSSR count). The van der Waals surface area contributed by atoms with Crippen LogP contribution < -0.4 is 0 Å². The van der Waals surface area contributed by atoms with Gasteiger partial charge in [-0.1, -0.05) is 42.1 Å². The monoisotopic (exact) mass is 446 g/mol. The fourth-order valence-corrected chi connectivity index (χ4v) is 4.95. The van der Waals surface area contributed by atoms with Gasteiger partial charge in [0.15, 0.2) is 11.0 Å². The van der Waals surface area contributed by atoms with Gasteiger partial charge < -0.3 is 5.11 Å². The molecule has 0 saturated heterocycles. The zero-order valence-corrected chi connectivity index (χ0v) is 19.2. The molecule has 0 aliphatic heterocycles. The average molecular weight is 447 g/mol. The van der Waals surface area contributed by atoms with Gasteiger partial charge in [0.1, 0.15) is 0 Å². The number of para-hydroxylation sites is 1. The van der Waals surface area contributed by atoms with Crippen LogP contribution in [-0.2, 0) is 10.0 Å². The van der Waals surface area contributed by atoms with Crippen molar-refractivity contribution in [3.8, 4) is 17.1 Å². The third-order valence-electron chi connectivity index (χ3n) is 4.70. The van der Waals surface area contributed by atoms with E-state index in [0.29, 0.717) is 28.7 Å². The highest BCUT2D eigenvalue weighted by Gasteiger charge is 2.22. The highest BCUT2D eigenvalue weighted by molar-refractivity contribution is 7.99. The Balaban J connectivity index is 2.19. The maximum absolute atomic E-state index is 12.6. The topological polar surface area (TPSA) is 88.3 Å². The van der Waals surface area contributed by atoms with Crippen LogP contribution in [0, 0.1) is 13.8 Å². The van der Waals surface area contributed by atoms with Crippen LogP contribution in [0.25, 0.3) is 17.1 Å². The highest BCUT2D eigenvalue weighted by atomic mass is 32.2. The zero-order chi connectivity index (χ0) is 21.9. The van der Waals surface area contributed by atoms with Crippen molar-refractivity contribution < 1.29 is 13.5 Å². The summed E-state index contributed by atoms with van der Waals surface area (Å²) < 4.78 is 28.4. The van der Waals surface area contributed by atoms with Crippen molar-refractivity contribution in [1.29, 1.82) is 0 Å². The summed E-state index contributed by atoms with van der Waals surface area (Å²) in [4.78, 5) is 0.204. The number of nitrogens with zero attached hydrogens (tertiary/aromatic N) is 4. The van der Waals surface area contributed by atoms with E-state index in [-0.39, 0.29) is 11.5 Å². The number of aryl methyl sites for hydroxylation is 2. The molecule has 3 aromatic rings. The molecule has 0 saturated carbocycles. The van der Waals surface area contributed by atoms with E-state index in [1.54, 1.807) is 18.2 Å². The molecule has 2 aromatic carbocycles. The Labute approximate surface area is 181 Å². The Morgan fingerprint density at radius 2 is 1.73 bits per heavy atom. The minimum absolute atomic E-state index is 0.113. The number of thioether (sulfide) groups is 1. The van der Waals surface area contributed by atoms with Gasteiger partial charge in [-0.25, -0.2) is 12.7 Å². The van der Waals surface area contributed by atoms with Gasteiger partial charge in [0, 0.05) is 32.0 Å². The second kappa shape index (κ2) is 9.30. The summed E-state index contributed by atoms with van der Waals surface area (Å²) >= 11 is 1.52. The third-order valence-corrected chi connectivity index (χ3v) is 7.53. The van der Waals surface area contributed by atoms with Crippen molar-refractivity contribution in [2.75, 3.05) is 26.5 Å². The number of hydrogen-bond acceptors (Lipinski definition) is 6. The summed E-state index contributed by atoms with van der Waals surface area (Å²) in [6.45, 7) is 4.17. The van der Waals surface area contributed by atoms with Crippen molar-refractivity contribution in [3.05, 3.63) is 53.6 Å². The van der Waals surface area contributed by atoms with E-state index in [0.717, 1.165) is 16.8 Å². The molecular formula is C21H26N4O3S2. The Morgan fingerprint density at radius 1 is 1.07 bits per heavy atom. The molecule has 0 atom stereocenters. The van der Waals surface area contributed by atoms with E-state index < -0.39 is 10.0 Å². The van der Waals surface area contributed by atoms with E-state index in [9.17, 15) is 8.42 Å². The normalized spacial score (nSPS) is 11.9. The summed E-state index contributed by atoms with van der Waals surface area (Å²) in [5, 5.41) is 18.6. The molecule has 9 heteroatoms. The summed E-state index contributed by atoms with van der Waals surface area (Å²) in [6.07, 6.45) is 0.649. The second-order valence-corrected chi connectivity index (χ2v) is 10.3. The number of aliphatic hydroxyl groups excluding tert-OH is 1. The maximum Gasteiger partial charge on any atom is 0.242 e. The minimum atomic E-state index is -3.57. The van der Waals surface area contributed by atoms with Crippen LogP contribution in [0.1, 0.15) is 17.5 Å². The van der Waals surface area contributed by atoms with E-state index in [4.69, 9.17) is 5.11 Å². The van der Waals surface area contributed by atoms with Gasteiger partial charge in [-0.3, -0.25) is 4.57 Å². The molecule has 0 fully saturated rings. The van der Waals surface area contributed by atoms with Gasteiger partial charge in [-0.05, 0) is 43.5 Å². The van der Waals surface area contributed by atoms with Gasteiger partial charge in [0.05, 0.1) is 10.6 Å². The van der Waals surface area contributed by atoms with Gasteiger partial charge in [0.25, 0.3) is 0 Å². The molecule has 0 unspecified atom stereocenters. The van der Waals surface area contributed by atoms with Crippen LogP contribution in [0.4, 0.5) is 0 Å². The molecule has 0 spiro atoms. The largest absolute Gasteiger partial charge is 0.396 e. The van der Waals surface area contributed by atoms with Crippen molar-refractivity contribution in [2.45, 2.75) is 30.3 Å². The smallest absolute Gasteiger partial charge is 0.242 e. The van der Waals surface area contributed by atoms with Gasteiger partial charge in [0.2, 0.25) is 10.0 Å². The first-order valence-electron chi connectivity index (χ1n) is 9.56. The first-order chi connectivity index (χ1) is 14.3. The van der Waals surface area contributed by atoms with Crippen molar-refractivity contribution in [2.24, 2.45) is 0 Å². The van der Waals surface area contributed by atoms with Crippen LogP contribution in [0.3, 0.4) is 0 Å². The van der Waals surface area contributed by atoms with Gasteiger partial charge in [-0.15, -0.1) is 10.2 Å². The van der Waals surface area contributed by atoms with Crippen LogP contribution in [0.2, 0.25) is 0 Å². The Bertz CT molecular complexity index is 1120. The third kappa shape index (κ3) is 4.44. The lowest BCUT2D eigenvalue weighted by molar-refractivity contribution is 0.296. The van der Waals surface area contributed by atoms with Gasteiger partial charge in [-0.2, -0.15) is 0 Å². The van der Waals surface area contributed by atoms with Crippen LogP contribution in [0.15, 0.2) is 52.5 Å². The van der Waals surface area contributed by atoms with E-state index in [1.165, 1.54) is 30.2 Å². The summed E-state index contributed by atoms with van der Waals surface area (Å²) in [6, 6.07) is 12.8. The summed E-state index contributed by atoms with van der Waals surface area (Å²) in [7, 11) is -0.547. The number of rotatable bonds is 8. The molecule has 0 aliphatic carbocycles. The summed E-state index contributed by atoms with van der Waals surface area (Å²) in [5.74, 6) is 1.28. The molecule has 1 aromatic heterocycles. The Morgan fingerprint density at radius 3 is 2.37 bits per heavy atom. The lowest BCUT2D eigenvalue weighted by Crippen LogP contribution is -2.22. The van der Waals surface area contributed by atoms with Crippen LogP contribution in [-0.4, -0.2) is 59.0 Å². The van der Waals surface area contributed by atoms with Crippen molar-refractivity contribution >= 4 is 21.8 Å². The molecule has 7 nitrogen and oxygen atoms in total. The molecule has 0 bridgehead atoms. The Kier molecular flexibility index (Phi) is 6.97. The number of hydrogen-bond donors (Lipinski definition) is 1. The lowest BCUT2D eigenvalue weighted by atomic mass is 10.1. The summed E-state index contributed by atoms with van der Waals surface area (Å²) in [5.41, 5.74) is 3.78. The van der Waals surface area contributed by atoms with Crippen molar-refractivity contribution in [1.82, 2.24) is 19.1 Å². The predicted molar refractivity (Wildman–Crippen MR) is 120 cm³/mol. The number of aliphatic hydroxyl groups is 1. The maximum atomic E-state index is 12.6. The Hall–Kier alpha value is -2.20. The fraction of sp³-hybridized carbons (Fsp3) is 0.333. The number of aromatic nitrogens is 3. The van der Waals surface area contributed by atoms with Crippen molar-refractivity contribution in [3.63, 3.8) is 0 Å². The molecule has 160 valence electrons. The zero-order valence-electron chi connectivity index (χ0n) is 17.5. The molecule has 0 amide bonds. The molecule has 0 radical (unpaired) electrons. The standard InChI is InChI=1S/C21H26N4O3S2/c1-15-8-5-9-16(2)19(15)25-20(22-23-21(25)29-13-7-12-26)17-10-6-11-18(14-17)30(27,28)24(3)4/h5-6,8-11,14,26H,7,12-13H2,1-4H3. The lowest BCUT2D eigenvalue weighted by Gasteiger charge is -2.16. The van der Waals surface area contributed by atoms with Crippen LogP contribution >= 0.6 is 11.8 Å². The van der Waals surface area contributed by atoms with Gasteiger partial charge >= 0.3 is 0 Å².